The zero-order valence-corrected chi connectivity index (χ0v) is 35.0. The first-order valence-corrected chi connectivity index (χ1v) is 22.0. The molecule has 8 aromatic carbocycles. The standard InChI is InChI=1S/C60H44N2O/c1-39-32-33-50-49-26-8-9-28-51(49)60(54(50)34-39)52-29-10-11-31-57(52)63-58-48(27-15-30-53(58)60)45-23-12-21-43(35-45)44-22-14-25-47(37-44)59-61-55(41-18-6-3-7-19-41)38-56(62-59)46-24-13-20-42(36-46)40-16-4-2-5-17-40/h2-33,35-39,59,62H,34H2,1H3. The van der Waals surface area contributed by atoms with E-state index in [1.165, 1.54) is 44.5 Å². The fourth-order valence-corrected chi connectivity index (χ4v) is 10.5. The van der Waals surface area contributed by atoms with Crippen LogP contribution in [0.1, 0.15) is 58.5 Å². The number of fused-ring (bicyclic) bond motifs is 8. The van der Waals surface area contributed by atoms with Crippen molar-refractivity contribution in [1.29, 1.82) is 0 Å². The monoisotopic (exact) mass is 808 g/mol. The van der Waals surface area contributed by atoms with Crippen LogP contribution in [-0.2, 0) is 5.41 Å². The van der Waals surface area contributed by atoms with Gasteiger partial charge < -0.3 is 10.1 Å². The van der Waals surface area contributed by atoms with Gasteiger partial charge in [-0.1, -0.05) is 195 Å². The second-order valence-electron chi connectivity index (χ2n) is 17.1. The Balaban J connectivity index is 0.937. The number of hydrogen-bond donors (Lipinski definition) is 1. The van der Waals surface area contributed by atoms with E-state index >= 15 is 0 Å². The summed E-state index contributed by atoms with van der Waals surface area (Å²) in [7, 11) is 0. The predicted octanol–water partition coefficient (Wildman–Crippen LogP) is 14.6. The normalized spacial score (nSPS) is 19.2. The summed E-state index contributed by atoms with van der Waals surface area (Å²) >= 11 is 0. The zero-order valence-electron chi connectivity index (χ0n) is 35.0. The van der Waals surface area contributed by atoms with Crippen molar-refractivity contribution in [3.63, 3.8) is 0 Å². The highest BCUT2D eigenvalue weighted by Gasteiger charge is 2.52. The van der Waals surface area contributed by atoms with Gasteiger partial charge in [-0.25, -0.2) is 0 Å². The summed E-state index contributed by atoms with van der Waals surface area (Å²) in [6.07, 6.45) is 7.63. The maximum atomic E-state index is 7.07. The van der Waals surface area contributed by atoms with Crippen molar-refractivity contribution in [3.05, 3.63) is 263 Å². The summed E-state index contributed by atoms with van der Waals surface area (Å²) < 4.78 is 7.07. The SMILES string of the molecule is CC1C=CC2=C(C1)C1(c3ccccc3Oc3c(-c4cccc(-c5cccc(C6N=C(c7ccccc7)C=C(c7cccc(-c8ccccc8)c7)N6)c5)c4)cccc31)c1ccccc12. The minimum atomic E-state index is -0.445. The average molecular weight is 809 g/mol. The molecule has 8 aromatic rings. The van der Waals surface area contributed by atoms with E-state index in [-0.39, 0.29) is 6.17 Å². The second-order valence-corrected chi connectivity index (χ2v) is 17.1. The van der Waals surface area contributed by atoms with Gasteiger partial charge >= 0.3 is 0 Å². The highest BCUT2D eigenvalue weighted by Crippen LogP contribution is 2.64. The van der Waals surface area contributed by atoms with Gasteiger partial charge in [0.15, 0.2) is 0 Å². The number of hydrogen-bond acceptors (Lipinski definition) is 3. The number of aliphatic imine (C=N–C) groups is 1. The van der Waals surface area contributed by atoms with Crippen LogP contribution in [0.4, 0.5) is 0 Å². The molecule has 0 saturated heterocycles. The van der Waals surface area contributed by atoms with Crippen molar-refractivity contribution >= 4 is 17.0 Å². The fraction of sp³-hybridized carbons (Fsp3) is 0.0833. The Bertz CT molecular complexity index is 3230. The molecule has 12 rings (SSSR count). The van der Waals surface area contributed by atoms with E-state index in [2.05, 4.69) is 231 Å². The van der Waals surface area contributed by atoms with E-state index < -0.39 is 5.41 Å². The summed E-state index contributed by atoms with van der Waals surface area (Å²) in [6, 6.07) is 72.0. The Morgan fingerprint density at radius 1 is 0.524 bits per heavy atom. The second kappa shape index (κ2) is 15.0. The molecule has 3 unspecified atom stereocenters. The molecular weight excluding hydrogens is 765 g/mol. The van der Waals surface area contributed by atoms with Crippen LogP contribution in [0.3, 0.4) is 0 Å². The summed E-state index contributed by atoms with van der Waals surface area (Å²) in [6.45, 7) is 2.33. The van der Waals surface area contributed by atoms with E-state index in [0.717, 1.165) is 68.3 Å². The lowest BCUT2D eigenvalue weighted by Crippen LogP contribution is -2.34. The number of nitrogens with one attached hydrogen (secondary N) is 1. The van der Waals surface area contributed by atoms with Gasteiger partial charge in [-0.15, -0.1) is 0 Å². The maximum Gasteiger partial charge on any atom is 0.145 e. The predicted molar refractivity (Wildman–Crippen MR) is 259 cm³/mol. The largest absolute Gasteiger partial charge is 0.456 e. The Hall–Kier alpha value is -7.75. The van der Waals surface area contributed by atoms with E-state index in [1.54, 1.807) is 0 Å². The average Bonchev–Trinajstić information content (AvgIpc) is 3.64. The highest BCUT2D eigenvalue weighted by molar-refractivity contribution is 6.13. The lowest BCUT2D eigenvalue weighted by Gasteiger charge is -2.42. The molecule has 2 aliphatic carbocycles. The van der Waals surface area contributed by atoms with Crippen LogP contribution in [0.2, 0.25) is 0 Å². The molecule has 2 heterocycles. The molecule has 1 N–H and O–H groups in total. The van der Waals surface area contributed by atoms with Crippen molar-refractivity contribution < 1.29 is 4.74 Å². The molecule has 0 fully saturated rings. The van der Waals surface area contributed by atoms with Crippen molar-refractivity contribution in [2.45, 2.75) is 24.9 Å². The third kappa shape index (κ3) is 6.14. The molecule has 3 atom stereocenters. The molecule has 0 amide bonds. The first-order chi connectivity index (χ1) is 31.1. The molecule has 2 aliphatic heterocycles. The lowest BCUT2D eigenvalue weighted by molar-refractivity contribution is 0.431. The summed E-state index contributed by atoms with van der Waals surface area (Å²) in [5.41, 5.74) is 19.6. The number of ether oxygens (including phenoxy) is 1. The molecule has 0 radical (unpaired) electrons. The molecular formula is C60H44N2O. The number of rotatable bonds is 6. The molecule has 3 nitrogen and oxygen atoms in total. The van der Waals surface area contributed by atoms with Gasteiger partial charge in [0.2, 0.25) is 0 Å². The van der Waals surface area contributed by atoms with Gasteiger partial charge in [-0.2, -0.15) is 0 Å². The third-order valence-corrected chi connectivity index (χ3v) is 13.3. The molecule has 0 saturated carbocycles. The summed E-state index contributed by atoms with van der Waals surface area (Å²) in [4.78, 5) is 5.33. The summed E-state index contributed by atoms with van der Waals surface area (Å²) in [5, 5.41) is 3.83. The first kappa shape index (κ1) is 37.0. The Labute approximate surface area is 369 Å². The number of para-hydroxylation sites is 2. The Morgan fingerprint density at radius 2 is 1.11 bits per heavy atom. The summed E-state index contributed by atoms with van der Waals surface area (Å²) in [5.74, 6) is 2.29. The van der Waals surface area contributed by atoms with Crippen molar-refractivity contribution in [2.75, 3.05) is 0 Å². The topological polar surface area (TPSA) is 33.6 Å². The van der Waals surface area contributed by atoms with Gasteiger partial charge in [-0.05, 0) is 109 Å². The molecule has 4 aliphatic rings. The van der Waals surface area contributed by atoms with Crippen molar-refractivity contribution in [3.8, 4) is 44.9 Å². The van der Waals surface area contributed by atoms with Gasteiger partial charge in [-0.3, -0.25) is 4.99 Å². The smallest absolute Gasteiger partial charge is 0.145 e. The molecule has 3 heteroatoms. The van der Waals surface area contributed by atoms with Gasteiger partial charge in [0.1, 0.15) is 17.7 Å². The number of nitrogens with zero attached hydrogens (tertiary/aromatic N) is 1. The van der Waals surface area contributed by atoms with Crippen LogP contribution in [-0.4, -0.2) is 5.71 Å². The Kier molecular flexibility index (Phi) is 8.82. The minimum absolute atomic E-state index is 0.291. The van der Waals surface area contributed by atoms with Gasteiger partial charge in [0.05, 0.1) is 11.1 Å². The minimum Gasteiger partial charge on any atom is -0.456 e. The van der Waals surface area contributed by atoms with Crippen LogP contribution in [0.5, 0.6) is 11.5 Å². The first-order valence-electron chi connectivity index (χ1n) is 22.0. The number of allylic oxidation sites excluding steroid dienone is 5. The highest BCUT2D eigenvalue weighted by atomic mass is 16.5. The van der Waals surface area contributed by atoms with Crippen LogP contribution in [0.15, 0.2) is 229 Å². The maximum absolute atomic E-state index is 7.07. The lowest BCUT2D eigenvalue weighted by atomic mass is 9.63. The van der Waals surface area contributed by atoms with Crippen LogP contribution >= 0.6 is 0 Å². The van der Waals surface area contributed by atoms with E-state index in [0.29, 0.717) is 5.92 Å². The van der Waals surface area contributed by atoms with E-state index in [1.807, 2.05) is 0 Å². The number of benzene rings is 8. The zero-order chi connectivity index (χ0) is 41.9. The Morgan fingerprint density at radius 3 is 1.94 bits per heavy atom. The fourth-order valence-electron chi connectivity index (χ4n) is 10.5. The molecule has 63 heavy (non-hydrogen) atoms. The van der Waals surface area contributed by atoms with Crippen LogP contribution in [0.25, 0.3) is 44.7 Å². The van der Waals surface area contributed by atoms with Crippen molar-refractivity contribution in [1.82, 2.24) is 5.32 Å². The molecule has 0 bridgehead atoms. The van der Waals surface area contributed by atoms with E-state index in [9.17, 15) is 0 Å². The van der Waals surface area contributed by atoms with E-state index in [4.69, 9.17) is 9.73 Å². The molecule has 300 valence electrons. The van der Waals surface area contributed by atoms with Crippen molar-refractivity contribution in [2.24, 2.45) is 10.9 Å². The van der Waals surface area contributed by atoms with Crippen LogP contribution in [0, 0.1) is 5.92 Å². The van der Waals surface area contributed by atoms with Gasteiger partial charge in [0, 0.05) is 22.4 Å². The van der Waals surface area contributed by atoms with Gasteiger partial charge in [0.25, 0.3) is 0 Å². The molecule has 1 spiro atoms. The molecule has 0 aromatic heterocycles. The quantitative estimate of drug-likeness (QED) is 0.182. The third-order valence-electron chi connectivity index (χ3n) is 13.3. The van der Waals surface area contributed by atoms with Crippen LogP contribution < -0.4 is 10.1 Å².